The van der Waals surface area contributed by atoms with Gasteiger partial charge in [0.1, 0.15) is 5.78 Å². The number of ketones is 1. The molecule has 3 nitrogen and oxygen atoms in total. The molecule has 0 aliphatic carbocycles. The molecule has 1 rings (SSSR count). The smallest absolute Gasteiger partial charge is 0.107 e. The third kappa shape index (κ3) is 0.675. The summed E-state index contributed by atoms with van der Waals surface area (Å²) in [5.74, 6) is -0.319. The Bertz CT molecular complexity index is 169. The van der Waals surface area contributed by atoms with E-state index >= 15 is 0 Å². The van der Waals surface area contributed by atoms with Gasteiger partial charge in [-0.1, -0.05) is 11.8 Å². The summed E-state index contributed by atoms with van der Waals surface area (Å²) in [6.07, 6.45) is 3.75. The zero-order chi connectivity index (χ0) is 5.98. The summed E-state index contributed by atoms with van der Waals surface area (Å²) in [6.45, 7) is -0.450. The van der Waals surface area contributed by atoms with E-state index in [1.54, 1.807) is 0 Å². The Balaban J connectivity index is 2.48. The van der Waals surface area contributed by atoms with Gasteiger partial charge in [0, 0.05) is 0 Å². The lowest BCUT2D eigenvalue weighted by atomic mass is 10.2. The Morgan fingerprint density at radius 3 is 2.75 bits per heavy atom. The Morgan fingerprint density at radius 1 is 2.00 bits per heavy atom. The van der Waals surface area contributed by atoms with Gasteiger partial charge in [0.05, 0.1) is 6.61 Å². The van der Waals surface area contributed by atoms with Crippen LogP contribution >= 0.6 is 0 Å². The van der Waals surface area contributed by atoms with Gasteiger partial charge in [0.2, 0.25) is 0 Å². The van der Waals surface area contributed by atoms with Crippen molar-refractivity contribution in [3.05, 3.63) is 11.8 Å². The maximum absolute atomic E-state index is 10.4. The molecule has 1 aliphatic heterocycles. The van der Waals surface area contributed by atoms with Gasteiger partial charge in [0.15, 0.2) is 0 Å². The van der Waals surface area contributed by atoms with Crippen LogP contribution in [0.4, 0.5) is 0 Å². The van der Waals surface area contributed by atoms with Crippen LogP contribution < -0.4 is 0 Å². The van der Waals surface area contributed by atoms with Crippen LogP contribution in [0.1, 0.15) is 0 Å². The molecule has 0 spiro atoms. The Morgan fingerprint density at radius 2 is 2.62 bits per heavy atom. The summed E-state index contributed by atoms with van der Waals surface area (Å²) in [5.41, 5.74) is 0.382. The predicted octanol–water partition coefficient (Wildman–Crippen LogP) is -0.607. The lowest BCUT2D eigenvalue weighted by Gasteiger charge is -2.08. The van der Waals surface area contributed by atoms with Crippen LogP contribution in [0, 0.1) is 0 Å². The third-order valence-electron chi connectivity index (χ3n) is 0.823. The van der Waals surface area contributed by atoms with Crippen LogP contribution in [-0.4, -0.2) is 23.7 Å². The van der Waals surface area contributed by atoms with E-state index in [1.807, 2.05) is 0 Å². The number of aliphatic hydroxyl groups excluding tert-OH is 1. The Labute approximate surface area is 46.4 Å². The van der Waals surface area contributed by atoms with Crippen molar-refractivity contribution in [2.24, 2.45) is 4.99 Å². The first-order chi connectivity index (χ1) is 3.84. The average Bonchev–Trinajstić information content (AvgIpc) is 1.62. The lowest BCUT2D eigenvalue weighted by molar-refractivity contribution is -0.117. The molecule has 0 bridgehead atoms. The summed E-state index contributed by atoms with van der Waals surface area (Å²) in [5, 5.41) is 8.20. The number of hydrogen-bond acceptors (Lipinski definition) is 3. The van der Waals surface area contributed by atoms with Gasteiger partial charge in [-0.25, -0.2) is 0 Å². The maximum Gasteiger partial charge on any atom is 0.107 e. The van der Waals surface area contributed by atoms with E-state index < -0.39 is 6.61 Å². The second-order valence-corrected chi connectivity index (χ2v) is 1.36. The van der Waals surface area contributed by atoms with Crippen LogP contribution in [0.5, 0.6) is 0 Å². The maximum atomic E-state index is 10.4. The van der Waals surface area contributed by atoms with E-state index in [0.717, 1.165) is 0 Å². The second-order valence-electron chi connectivity index (χ2n) is 1.36. The molecule has 0 amide bonds. The molecule has 1 N–H and O–H groups in total. The van der Waals surface area contributed by atoms with Gasteiger partial charge in [-0.2, -0.15) is 0 Å². The summed E-state index contributed by atoms with van der Waals surface area (Å²) >= 11 is 0. The highest BCUT2D eigenvalue weighted by Crippen LogP contribution is 2.00. The summed E-state index contributed by atoms with van der Waals surface area (Å²) in [6, 6.07) is 0. The molecule has 0 atom stereocenters. The number of aliphatic imine (C=N–C) groups is 1. The number of carbonyl (C=O) groups is 1. The number of aliphatic hydroxyl groups is 1. The molecule has 1 aliphatic rings. The van der Waals surface area contributed by atoms with Gasteiger partial charge >= 0.3 is 0 Å². The lowest BCUT2D eigenvalue weighted by Crippen LogP contribution is -2.11. The molecule has 3 heteroatoms. The standard InChI is InChI=1S/C5H4NO2/c7-3-5(8)4-1-6-2-4/h1,7H,3H2/q-1. The molecular formula is C5H4NO2-. The molecule has 0 aromatic heterocycles. The molecule has 8 heavy (non-hydrogen) atoms. The van der Waals surface area contributed by atoms with E-state index in [-0.39, 0.29) is 5.78 Å². The molecule has 0 fully saturated rings. The molecule has 0 saturated heterocycles. The molecular weight excluding hydrogens is 106 g/mol. The SMILES string of the molecule is O=C(CO)C1=CN=[C-]1. The van der Waals surface area contributed by atoms with E-state index in [9.17, 15) is 4.79 Å². The number of Topliss-reactive ketones (excluding diaryl/α,β-unsaturated/α-hetero) is 1. The topological polar surface area (TPSA) is 49.7 Å². The van der Waals surface area contributed by atoms with Crippen LogP contribution in [0.2, 0.25) is 0 Å². The minimum atomic E-state index is -0.450. The average molecular weight is 110 g/mol. The molecule has 0 aromatic rings. The van der Waals surface area contributed by atoms with E-state index in [0.29, 0.717) is 5.57 Å². The van der Waals surface area contributed by atoms with Gasteiger partial charge in [-0.3, -0.25) is 0 Å². The van der Waals surface area contributed by atoms with Crippen LogP contribution in [0.15, 0.2) is 16.8 Å². The first kappa shape index (κ1) is 5.18. The van der Waals surface area contributed by atoms with Crippen molar-refractivity contribution in [3.8, 4) is 0 Å². The fourth-order valence-corrected chi connectivity index (χ4v) is 0.349. The number of nitrogens with zero attached hydrogens (tertiary/aromatic N) is 1. The van der Waals surface area contributed by atoms with Gasteiger partial charge in [0.25, 0.3) is 0 Å². The van der Waals surface area contributed by atoms with E-state index in [4.69, 9.17) is 5.11 Å². The minimum absolute atomic E-state index is 0.319. The number of carbonyl (C=O) groups excluding carboxylic acids is 1. The Hall–Kier alpha value is -0.960. The first-order valence-corrected chi connectivity index (χ1v) is 2.14. The molecule has 0 aromatic carbocycles. The van der Waals surface area contributed by atoms with Crippen LogP contribution in [0.25, 0.3) is 0 Å². The highest BCUT2D eigenvalue weighted by atomic mass is 16.3. The van der Waals surface area contributed by atoms with Crippen molar-refractivity contribution in [3.63, 3.8) is 0 Å². The monoisotopic (exact) mass is 110 g/mol. The van der Waals surface area contributed by atoms with Crippen molar-refractivity contribution in [2.75, 3.05) is 6.61 Å². The number of rotatable bonds is 2. The first-order valence-electron chi connectivity index (χ1n) is 2.14. The summed E-state index contributed by atoms with van der Waals surface area (Å²) in [7, 11) is 0. The van der Waals surface area contributed by atoms with Crippen molar-refractivity contribution in [2.45, 2.75) is 0 Å². The zero-order valence-electron chi connectivity index (χ0n) is 4.09. The zero-order valence-corrected chi connectivity index (χ0v) is 4.09. The fourth-order valence-electron chi connectivity index (χ4n) is 0.349. The summed E-state index contributed by atoms with van der Waals surface area (Å²) < 4.78 is 0. The molecule has 0 saturated carbocycles. The highest BCUT2D eigenvalue weighted by Gasteiger charge is 1.99. The minimum Gasteiger partial charge on any atom is -0.398 e. The highest BCUT2D eigenvalue weighted by molar-refractivity contribution is 6.16. The molecule has 42 valence electrons. The fraction of sp³-hybridized carbons (Fsp3) is 0.200. The van der Waals surface area contributed by atoms with Crippen molar-refractivity contribution < 1.29 is 9.90 Å². The van der Waals surface area contributed by atoms with Crippen molar-refractivity contribution >= 4 is 12.0 Å². The third-order valence-corrected chi connectivity index (χ3v) is 0.823. The quantitative estimate of drug-likeness (QED) is 0.482. The number of hydrogen-bond donors (Lipinski definition) is 1. The van der Waals surface area contributed by atoms with Gasteiger partial charge in [-0.15, -0.1) is 0 Å². The Kier molecular flexibility index (Phi) is 1.22. The van der Waals surface area contributed by atoms with Crippen molar-refractivity contribution in [1.29, 1.82) is 0 Å². The van der Waals surface area contributed by atoms with Gasteiger partial charge in [-0.05, 0) is 6.21 Å². The molecule has 0 radical (unpaired) electrons. The van der Waals surface area contributed by atoms with Crippen LogP contribution in [-0.2, 0) is 4.79 Å². The largest absolute Gasteiger partial charge is 0.398 e. The van der Waals surface area contributed by atoms with E-state index in [1.165, 1.54) is 6.20 Å². The second kappa shape index (κ2) is 1.88. The van der Waals surface area contributed by atoms with E-state index in [2.05, 4.69) is 11.2 Å². The van der Waals surface area contributed by atoms with Gasteiger partial charge < -0.3 is 14.9 Å². The normalized spacial score (nSPS) is 14.9. The van der Waals surface area contributed by atoms with Crippen molar-refractivity contribution in [1.82, 2.24) is 0 Å². The molecule has 1 heterocycles. The summed E-state index contributed by atoms with van der Waals surface area (Å²) in [4.78, 5) is 13.8. The van der Waals surface area contributed by atoms with Crippen LogP contribution in [0.3, 0.4) is 0 Å². The molecule has 0 unspecified atom stereocenters. The predicted molar refractivity (Wildman–Crippen MR) is 27.6 cm³/mol.